The average molecular weight is 452 g/mol. The Hall–Kier alpha value is -1.00. The molecule has 2 amide bonds. The van der Waals surface area contributed by atoms with Crippen molar-refractivity contribution < 1.29 is 80.8 Å². The van der Waals surface area contributed by atoms with Crippen molar-refractivity contribution in [3.63, 3.8) is 0 Å². The van der Waals surface area contributed by atoms with Crippen LogP contribution in [-0.2, 0) is 19.2 Å². The number of aliphatic hydroxyl groups is 1. The Bertz CT molecular complexity index is 872. The molecule has 2 atom stereocenters. The Morgan fingerprint density at radius 1 is 1.57 bits per heavy atom. The van der Waals surface area contributed by atoms with Crippen molar-refractivity contribution in [2.45, 2.75) is 11.4 Å². The third-order valence-electron chi connectivity index (χ3n) is 3.88. The smallest absolute Gasteiger partial charge is 0.543 e. The number of aliphatic carboxylic acids is 1. The molecule has 0 aliphatic carbocycles. The first kappa shape index (κ1) is 23.3. The number of nitrogen functional groups attached to an aromatic ring is 1. The van der Waals surface area contributed by atoms with Crippen LogP contribution >= 0.6 is 23.1 Å². The van der Waals surface area contributed by atoms with Gasteiger partial charge in [-0.3, -0.25) is 14.5 Å². The van der Waals surface area contributed by atoms with E-state index in [-0.39, 0.29) is 84.9 Å². The molecule has 0 radical (unpaired) electrons. The van der Waals surface area contributed by atoms with Crippen LogP contribution in [0, 0.1) is 0 Å². The number of carbonyl (C=O) groups excluding carboxylic acids is 3. The molecule has 0 bridgehead atoms. The fourth-order valence-corrected chi connectivity index (χ4v) is 4.58. The topological polar surface area (TPSA) is 170 Å². The number of carbonyl (C=O) groups is 3. The molecule has 14 heteroatoms. The normalized spacial score (nSPS) is 21.4. The van der Waals surface area contributed by atoms with E-state index in [9.17, 15) is 24.6 Å². The van der Waals surface area contributed by atoms with Crippen molar-refractivity contribution in [1.82, 2.24) is 15.2 Å². The van der Waals surface area contributed by atoms with Crippen LogP contribution in [0.1, 0.15) is 5.69 Å². The van der Waals surface area contributed by atoms with Gasteiger partial charge in [0.05, 0.1) is 18.3 Å². The number of amides is 2. The van der Waals surface area contributed by atoms with Gasteiger partial charge in [0.25, 0.3) is 11.8 Å². The Morgan fingerprint density at radius 3 is 2.82 bits per heavy atom. The molecule has 0 unspecified atom stereocenters. The molecule has 1 fully saturated rings. The fraction of sp³-hybridized carbons (Fsp3) is 0.357. The van der Waals surface area contributed by atoms with Crippen molar-refractivity contribution in [3.05, 3.63) is 22.3 Å². The van der Waals surface area contributed by atoms with E-state index in [2.05, 4.69) is 20.3 Å². The molecule has 0 aromatic carbocycles. The summed E-state index contributed by atoms with van der Waals surface area (Å²) in [5.74, 6) is -2.70. The maximum atomic E-state index is 12.5. The minimum atomic E-state index is -1.55. The Labute approximate surface area is 209 Å². The largest absolute Gasteiger partial charge is 1.00 e. The number of hydrogen-bond acceptors (Lipinski definition) is 11. The quantitative estimate of drug-likeness (QED) is 0.165. The molecular weight excluding hydrogens is 437 g/mol. The van der Waals surface area contributed by atoms with Crippen LogP contribution in [-0.4, -0.2) is 69.4 Å². The van der Waals surface area contributed by atoms with Crippen molar-refractivity contribution in [2.24, 2.45) is 5.16 Å². The SMILES string of the molecule is CO/N=C(/C(=O)N[C@@H]1C(=O)N2C(C(=O)[O-])=C(CO)CS[C@H]12)c1csc(N)n1.[K+]. The third-order valence-corrected chi connectivity index (χ3v) is 5.89. The van der Waals surface area contributed by atoms with Gasteiger partial charge in [-0.05, 0) is 5.57 Å². The number of thiazole rings is 1. The third kappa shape index (κ3) is 4.28. The number of nitrogens with zero attached hydrogens (tertiary/aromatic N) is 3. The first-order chi connectivity index (χ1) is 12.9. The molecule has 3 heterocycles. The van der Waals surface area contributed by atoms with E-state index >= 15 is 0 Å². The molecule has 0 spiro atoms. The summed E-state index contributed by atoms with van der Waals surface area (Å²) in [5.41, 5.74) is 5.42. The number of carboxylic acids is 1. The summed E-state index contributed by atoms with van der Waals surface area (Å²) in [7, 11) is 1.25. The summed E-state index contributed by atoms with van der Waals surface area (Å²) in [4.78, 5) is 45.9. The maximum absolute atomic E-state index is 12.5. The number of hydrogen-bond donors (Lipinski definition) is 3. The minimum absolute atomic E-state index is 0. The maximum Gasteiger partial charge on any atom is 1.00 e. The summed E-state index contributed by atoms with van der Waals surface area (Å²) in [5, 5.41) is 27.9. The van der Waals surface area contributed by atoms with Crippen molar-refractivity contribution >= 4 is 51.7 Å². The first-order valence-corrected chi connectivity index (χ1v) is 9.44. The molecule has 0 saturated carbocycles. The second-order valence-corrected chi connectivity index (χ2v) is 7.45. The predicted molar refractivity (Wildman–Crippen MR) is 94.2 cm³/mol. The van der Waals surface area contributed by atoms with Crippen molar-refractivity contribution in [1.29, 1.82) is 0 Å². The number of nitrogens with two attached hydrogens (primary N) is 1. The number of aliphatic hydroxyl groups excluding tert-OH is 1. The minimum Gasteiger partial charge on any atom is -0.543 e. The second kappa shape index (κ2) is 9.66. The van der Waals surface area contributed by atoms with Crippen LogP contribution in [0.4, 0.5) is 5.13 Å². The molecule has 1 aromatic rings. The molecule has 144 valence electrons. The van der Waals surface area contributed by atoms with Gasteiger partial charge in [-0.25, -0.2) is 4.98 Å². The fourth-order valence-electron chi connectivity index (χ4n) is 2.70. The van der Waals surface area contributed by atoms with E-state index in [1.807, 2.05) is 0 Å². The van der Waals surface area contributed by atoms with Gasteiger partial charge in [0, 0.05) is 11.1 Å². The predicted octanol–water partition coefficient (Wildman–Crippen LogP) is -5.52. The summed E-state index contributed by atoms with van der Waals surface area (Å²) in [6.07, 6.45) is 0. The Morgan fingerprint density at radius 2 is 2.29 bits per heavy atom. The van der Waals surface area contributed by atoms with Crippen LogP contribution < -0.4 is 67.5 Å². The second-order valence-electron chi connectivity index (χ2n) is 5.45. The number of carboxylic acid groups (broad SMARTS) is 1. The molecule has 1 saturated heterocycles. The molecule has 2 aliphatic heterocycles. The van der Waals surface area contributed by atoms with E-state index in [0.717, 1.165) is 16.2 Å². The van der Waals surface area contributed by atoms with Crippen LogP contribution in [0.3, 0.4) is 0 Å². The summed E-state index contributed by atoms with van der Waals surface area (Å²) < 4.78 is 0. The van der Waals surface area contributed by atoms with Gasteiger partial charge in [0.1, 0.15) is 24.2 Å². The van der Waals surface area contributed by atoms with Crippen molar-refractivity contribution in [3.8, 4) is 0 Å². The van der Waals surface area contributed by atoms with Crippen molar-refractivity contribution in [2.75, 3.05) is 25.2 Å². The van der Waals surface area contributed by atoms with E-state index in [4.69, 9.17) is 5.73 Å². The molecular formula is C14H14KN5O6S2. The molecule has 1 aromatic heterocycles. The van der Waals surface area contributed by atoms with E-state index in [1.54, 1.807) is 0 Å². The number of fused-ring (bicyclic) bond motifs is 1. The number of anilines is 1. The van der Waals surface area contributed by atoms with Gasteiger partial charge in [0.2, 0.25) is 0 Å². The number of aromatic nitrogens is 1. The number of rotatable bonds is 6. The van der Waals surface area contributed by atoms with Gasteiger partial charge in [-0.15, -0.1) is 23.1 Å². The number of β-lactam (4-membered cyclic amide) rings is 1. The molecule has 28 heavy (non-hydrogen) atoms. The molecule has 4 N–H and O–H groups in total. The zero-order valence-corrected chi connectivity index (χ0v) is 19.6. The van der Waals surface area contributed by atoms with E-state index in [1.165, 1.54) is 24.3 Å². The van der Waals surface area contributed by atoms with Crippen LogP contribution in [0.25, 0.3) is 0 Å². The Balaban J connectivity index is 0.00000280. The zero-order chi connectivity index (χ0) is 19.7. The van der Waals surface area contributed by atoms with Crippen LogP contribution in [0.15, 0.2) is 21.8 Å². The van der Waals surface area contributed by atoms with E-state index < -0.39 is 35.8 Å². The van der Waals surface area contributed by atoms with Crippen LogP contribution in [0.5, 0.6) is 0 Å². The van der Waals surface area contributed by atoms with Crippen LogP contribution in [0.2, 0.25) is 0 Å². The number of oxime groups is 1. The molecule has 3 rings (SSSR count). The molecule has 11 nitrogen and oxygen atoms in total. The average Bonchev–Trinajstić information content (AvgIpc) is 3.08. The number of nitrogens with one attached hydrogen (secondary N) is 1. The van der Waals surface area contributed by atoms with Gasteiger partial charge in [0.15, 0.2) is 10.8 Å². The summed E-state index contributed by atoms with van der Waals surface area (Å²) >= 11 is 2.33. The first-order valence-electron chi connectivity index (χ1n) is 7.51. The van der Waals surface area contributed by atoms with Gasteiger partial charge in [-0.1, -0.05) is 5.16 Å². The van der Waals surface area contributed by atoms with Gasteiger partial charge in [-0.2, -0.15) is 0 Å². The van der Waals surface area contributed by atoms with E-state index in [0.29, 0.717) is 0 Å². The van der Waals surface area contributed by atoms with Gasteiger partial charge < -0.3 is 30.9 Å². The number of thioether (sulfide) groups is 1. The summed E-state index contributed by atoms with van der Waals surface area (Å²) in [6, 6.07) is -0.963. The zero-order valence-electron chi connectivity index (χ0n) is 14.9. The Kier molecular flexibility index (Phi) is 8.03. The molecule has 2 aliphatic rings. The monoisotopic (exact) mass is 451 g/mol. The standard InChI is InChI=1S/C14H15N5O6S2.K/c1-25-18-7(6-4-27-14(15)16-6)10(21)17-8-11(22)19-9(13(23)24)5(2-20)3-26-12(8)19;/h4,8,12,20H,2-3H2,1H3,(H2,15,16)(H,17,21)(H,23,24);/q;+1/p-1/b18-7+;/t8-,12-;/m1./s1. The van der Waals surface area contributed by atoms with Gasteiger partial charge >= 0.3 is 51.4 Å². The summed E-state index contributed by atoms with van der Waals surface area (Å²) in [6.45, 7) is -0.500.